The van der Waals surface area contributed by atoms with E-state index >= 15 is 0 Å². The molecule has 2 aromatic rings. The summed E-state index contributed by atoms with van der Waals surface area (Å²) in [5.41, 5.74) is 0.973. The Hall–Kier alpha value is -2.48. The summed E-state index contributed by atoms with van der Waals surface area (Å²) in [5.74, 6) is 0.127. The van der Waals surface area contributed by atoms with E-state index in [4.69, 9.17) is 4.74 Å². The molecule has 1 amide bonds. The summed E-state index contributed by atoms with van der Waals surface area (Å²) in [7, 11) is 0. The van der Waals surface area contributed by atoms with E-state index in [1.54, 1.807) is 31.2 Å². The van der Waals surface area contributed by atoms with Crippen LogP contribution in [0.25, 0.3) is 0 Å². The van der Waals surface area contributed by atoms with Gasteiger partial charge in [-0.2, -0.15) is 0 Å². The van der Waals surface area contributed by atoms with E-state index in [0.29, 0.717) is 48.3 Å². The Morgan fingerprint density at radius 3 is 2.70 bits per heavy atom. The number of aryl methyl sites for hydroxylation is 1. The van der Waals surface area contributed by atoms with Crippen LogP contribution in [0.1, 0.15) is 35.7 Å². The Bertz CT molecular complexity index is 892. The molecule has 1 aliphatic rings. The fourth-order valence-corrected chi connectivity index (χ4v) is 3.76. The van der Waals surface area contributed by atoms with Gasteiger partial charge in [0.15, 0.2) is 0 Å². The van der Waals surface area contributed by atoms with Crippen LogP contribution in [0.3, 0.4) is 0 Å². The molecule has 1 saturated heterocycles. The number of ether oxygens (including phenoxy) is 1. The molecule has 1 aliphatic heterocycles. The lowest BCUT2D eigenvalue weighted by atomic mass is 10.1. The molecule has 160 valence electrons. The number of hydrogen-bond acceptors (Lipinski definition) is 5. The van der Waals surface area contributed by atoms with Gasteiger partial charge in [-0.15, -0.1) is 0 Å². The van der Waals surface area contributed by atoms with Crippen LogP contribution in [0.2, 0.25) is 0 Å². The smallest absolute Gasteiger partial charge is 0.339 e. The number of anilines is 1. The van der Waals surface area contributed by atoms with Gasteiger partial charge in [-0.25, -0.2) is 14.2 Å². The van der Waals surface area contributed by atoms with Crippen molar-refractivity contribution >= 4 is 33.6 Å². The van der Waals surface area contributed by atoms with Gasteiger partial charge in [0, 0.05) is 43.3 Å². The van der Waals surface area contributed by atoms with Crippen molar-refractivity contribution in [1.29, 1.82) is 0 Å². The van der Waals surface area contributed by atoms with Crippen LogP contribution < -0.4 is 4.90 Å². The number of esters is 1. The van der Waals surface area contributed by atoms with Crippen molar-refractivity contribution in [2.45, 2.75) is 26.2 Å². The summed E-state index contributed by atoms with van der Waals surface area (Å²) in [6.45, 7) is 4.77. The normalized spacial score (nSPS) is 14.4. The minimum atomic E-state index is -0.383. The first-order valence-corrected chi connectivity index (χ1v) is 10.9. The van der Waals surface area contributed by atoms with Crippen molar-refractivity contribution in [1.82, 2.24) is 9.88 Å². The van der Waals surface area contributed by atoms with Crippen molar-refractivity contribution in [3.63, 3.8) is 0 Å². The topological polar surface area (TPSA) is 62.7 Å². The third-order valence-electron chi connectivity index (χ3n) is 5.05. The van der Waals surface area contributed by atoms with Gasteiger partial charge in [-0.3, -0.25) is 4.79 Å². The zero-order chi connectivity index (χ0) is 21.5. The third kappa shape index (κ3) is 5.78. The first-order valence-electron chi connectivity index (χ1n) is 10.1. The van der Waals surface area contributed by atoms with Gasteiger partial charge in [-0.05, 0) is 49.6 Å². The summed E-state index contributed by atoms with van der Waals surface area (Å²) in [4.78, 5) is 32.7. The number of rotatable bonds is 6. The standard InChI is InChI=1S/C22H25BrFN3O3/c1-2-30-22(29)17-5-8-20(25-15-17)26-10-3-11-27(13-12-26)21(28)9-6-16-4-7-18(23)14-19(16)24/h4-5,7-8,14-15H,2-3,6,9-13H2,1H3. The molecule has 0 N–H and O–H groups in total. The molecule has 0 unspecified atom stereocenters. The van der Waals surface area contributed by atoms with Crippen LogP contribution in [-0.4, -0.2) is 54.5 Å². The predicted molar refractivity (Wildman–Crippen MR) is 116 cm³/mol. The van der Waals surface area contributed by atoms with E-state index in [-0.39, 0.29) is 24.1 Å². The second-order valence-electron chi connectivity index (χ2n) is 7.08. The summed E-state index contributed by atoms with van der Waals surface area (Å²) in [6.07, 6.45) is 3.01. The van der Waals surface area contributed by atoms with E-state index in [0.717, 1.165) is 18.8 Å². The number of nitrogens with zero attached hydrogens (tertiary/aromatic N) is 3. The molecular weight excluding hydrogens is 453 g/mol. The molecule has 2 heterocycles. The van der Waals surface area contributed by atoms with E-state index in [1.807, 2.05) is 4.90 Å². The highest BCUT2D eigenvalue weighted by molar-refractivity contribution is 9.10. The lowest BCUT2D eigenvalue weighted by molar-refractivity contribution is -0.130. The number of hydrogen-bond donors (Lipinski definition) is 0. The van der Waals surface area contributed by atoms with E-state index in [9.17, 15) is 14.0 Å². The van der Waals surface area contributed by atoms with Gasteiger partial charge >= 0.3 is 5.97 Å². The molecule has 6 nitrogen and oxygen atoms in total. The van der Waals surface area contributed by atoms with Gasteiger partial charge in [0.2, 0.25) is 5.91 Å². The molecule has 0 radical (unpaired) electrons. The lowest BCUT2D eigenvalue weighted by Crippen LogP contribution is -2.35. The van der Waals surface area contributed by atoms with Crippen molar-refractivity contribution < 1.29 is 18.7 Å². The highest BCUT2D eigenvalue weighted by Gasteiger charge is 2.20. The summed E-state index contributed by atoms with van der Waals surface area (Å²) in [6, 6.07) is 8.43. The summed E-state index contributed by atoms with van der Waals surface area (Å²) in [5, 5.41) is 0. The molecule has 0 spiro atoms. The quantitative estimate of drug-likeness (QED) is 0.591. The average Bonchev–Trinajstić information content (AvgIpc) is 2.99. The Morgan fingerprint density at radius 2 is 2.00 bits per heavy atom. The number of carbonyl (C=O) groups excluding carboxylic acids is 2. The molecule has 30 heavy (non-hydrogen) atoms. The van der Waals surface area contributed by atoms with Crippen molar-refractivity contribution in [3.8, 4) is 0 Å². The molecule has 1 aromatic heterocycles. The number of amides is 1. The first kappa shape index (κ1) is 22.2. The molecule has 3 rings (SSSR count). The van der Waals surface area contributed by atoms with Gasteiger partial charge in [-0.1, -0.05) is 22.0 Å². The molecular formula is C22H25BrFN3O3. The van der Waals surface area contributed by atoms with Crippen LogP contribution in [0.4, 0.5) is 10.2 Å². The van der Waals surface area contributed by atoms with E-state index in [1.165, 1.54) is 12.3 Å². The van der Waals surface area contributed by atoms with E-state index in [2.05, 4.69) is 25.8 Å². The zero-order valence-corrected chi connectivity index (χ0v) is 18.5. The Morgan fingerprint density at radius 1 is 1.17 bits per heavy atom. The van der Waals surface area contributed by atoms with Crippen LogP contribution in [-0.2, 0) is 16.0 Å². The maximum Gasteiger partial charge on any atom is 0.339 e. The summed E-state index contributed by atoms with van der Waals surface area (Å²) >= 11 is 3.24. The maximum atomic E-state index is 14.0. The number of pyridine rings is 1. The SMILES string of the molecule is CCOC(=O)c1ccc(N2CCCN(C(=O)CCc3ccc(Br)cc3F)CC2)nc1. The fourth-order valence-electron chi connectivity index (χ4n) is 3.43. The fraction of sp³-hybridized carbons (Fsp3) is 0.409. The van der Waals surface area contributed by atoms with Crippen LogP contribution in [0, 0.1) is 5.82 Å². The lowest BCUT2D eigenvalue weighted by Gasteiger charge is -2.23. The van der Waals surface area contributed by atoms with Crippen molar-refractivity contribution in [3.05, 3.63) is 57.9 Å². The number of halogens is 2. The van der Waals surface area contributed by atoms with Gasteiger partial charge in [0.25, 0.3) is 0 Å². The number of benzene rings is 1. The second-order valence-corrected chi connectivity index (χ2v) is 8.00. The van der Waals surface area contributed by atoms with Crippen LogP contribution in [0.15, 0.2) is 41.0 Å². The third-order valence-corrected chi connectivity index (χ3v) is 5.55. The van der Waals surface area contributed by atoms with E-state index < -0.39 is 0 Å². The molecule has 0 saturated carbocycles. The predicted octanol–water partition coefficient (Wildman–Crippen LogP) is 3.83. The van der Waals surface area contributed by atoms with Gasteiger partial charge in [0.1, 0.15) is 11.6 Å². The Labute approximate surface area is 184 Å². The number of carbonyl (C=O) groups is 2. The average molecular weight is 478 g/mol. The second kappa shape index (κ2) is 10.5. The van der Waals surface area contributed by atoms with Gasteiger partial charge < -0.3 is 14.5 Å². The van der Waals surface area contributed by atoms with Crippen molar-refractivity contribution in [2.75, 3.05) is 37.7 Å². The highest BCUT2D eigenvalue weighted by atomic mass is 79.9. The molecule has 1 aromatic carbocycles. The minimum Gasteiger partial charge on any atom is -0.462 e. The monoisotopic (exact) mass is 477 g/mol. The molecule has 0 bridgehead atoms. The minimum absolute atomic E-state index is 0.0322. The number of aromatic nitrogens is 1. The summed E-state index contributed by atoms with van der Waals surface area (Å²) < 4.78 is 19.6. The largest absolute Gasteiger partial charge is 0.462 e. The Kier molecular flexibility index (Phi) is 7.79. The zero-order valence-electron chi connectivity index (χ0n) is 16.9. The van der Waals surface area contributed by atoms with Crippen LogP contribution >= 0.6 is 15.9 Å². The first-order chi connectivity index (χ1) is 14.5. The molecule has 0 aliphatic carbocycles. The Balaban J connectivity index is 1.54. The maximum absolute atomic E-state index is 14.0. The molecule has 1 fully saturated rings. The highest BCUT2D eigenvalue weighted by Crippen LogP contribution is 2.18. The van der Waals surface area contributed by atoms with Crippen molar-refractivity contribution in [2.24, 2.45) is 0 Å². The van der Waals surface area contributed by atoms with Gasteiger partial charge in [0.05, 0.1) is 12.2 Å². The molecule has 0 atom stereocenters. The molecule has 8 heteroatoms. The van der Waals surface area contributed by atoms with Crippen LogP contribution in [0.5, 0.6) is 0 Å².